The number of aromatic hydroxyl groups is 1. The lowest BCUT2D eigenvalue weighted by Crippen LogP contribution is -2.46. The summed E-state index contributed by atoms with van der Waals surface area (Å²) in [6.07, 6.45) is 0.404. The molecule has 2 aromatic rings. The average molecular weight is 478 g/mol. The lowest BCUT2D eigenvalue weighted by molar-refractivity contribution is -0.149. The number of carbonyl (C=O) groups is 4. The van der Waals surface area contributed by atoms with Crippen LogP contribution in [0.15, 0.2) is 27.4 Å². The minimum absolute atomic E-state index is 0.00796. The number of rotatable bonds is 13. The van der Waals surface area contributed by atoms with Crippen molar-refractivity contribution in [3.8, 4) is 5.75 Å². The molecule has 2 rings (SSSR count). The molecule has 12 nitrogen and oxygen atoms in total. The summed E-state index contributed by atoms with van der Waals surface area (Å²) in [7, 11) is 0. The first-order chi connectivity index (χ1) is 16.0. The average Bonchev–Trinajstić information content (AvgIpc) is 2.72. The fourth-order valence-electron chi connectivity index (χ4n) is 3.59. The number of hydrogen-bond acceptors (Lipinski definition) is 8. The molecule has 0 fully saturated rings. The van der Waals surface area contributed by atoms with Gasteiger partial charge >= 0.3 is 23.5 Å². The van der Waals surface area contributed by atoms with Gasteiger partial charge in [0.05, 0.1) is 25.1 Å². The van der Waals surface area contributed by atoms with Gasteiger partial charge in [0, 0.05) is 18.0 Å². The van der Waals surface area contributed by atoms with Crippen molar-refractivity contribution in [3.63, 3.8) is 0 Å². The van der Waals surface area contributed by atoms with E-state index in [-0.39, 0.29) is 42.7 Å². The van der Waals surface area contributed by atoms with E-state index >= 15 is 0 Å². The largest absolute Gasteiger partial charge is 0.508 e. The highest BCUT2D eigenvalue weighted by molar-refractivity contribution is 5.85. The van der Waals surface area contributed by atoms with Gasteiger partial charge in [0.15, 0.2) is 0 Å². The molecule has 1 atom stereocenters. The first-order valence-electron chi connectivity index (χ1n) is 10.4. The van der Waals surface area contributed by atoms with Gasteiger partial charge in [-0.25, -0.2) is 4.79 Å². The van der Waals surface area contributed by atoms with E-state index in [4.69, 9.17) is 14.6 Å². The molecule has 0 aliphatic rings. The molecule has 1 unspecified atom stereocenters. The Bertz CT molecular complexity index is 1120. The smallest absolute Gasteiger partial charge is 0.340 e. The van der Waals surface area contributed by atoms with Crippen LogP contribution >= 0.6 is 0 Å². The predicted octanol–water partition coefficient (Wildman–Crippen LogP) is 0.560. The van der Waals surface area contributed by atoms with Crippen LogP contribution < -0.4 is 10.9 Å². The Morgan fingerprint density at radius 1 is 1.06 bits per heavy atom. The third-order valence-electron chi connectivity index (χ3n) is 5.24. The van der Waals surface area contributed by atoms with Gasteiger partial charge in [0.1, 0.15) is 17.4 Å². The fourth-order valence-corrected chi connectivity index (χ4v) is 3.59. The van der Waals surface area contributed by atoms with Gasteiger partial charge in [-0.1, -0.05) is 0 Å². The summed E-state index contributed by atoms with van der Waals surface area (Å²) in [6.45, 7) is 0.389. The van der Waals surface area contributed by atoms with Crippen molar-refractivity contribution in [1.29, 1.82) is 0 Å². The molecule has 0 bridgehead atoms. The number of phenols is 1. The number of aliphatic carboxylic acids is 3. The molecule has 1 amide bonds. The Hall–Kier alpha value is -3.93. The molecule has 0 aliphatic heterocycles. The monoisotopic (exact) mass is 478 g/mol. The molecule has 1 aromatic carbocycles. The summed E-state index contributed by atoms with van der Waals surface area (Å²) >= 11 is 0. The molecular weight excluding hydrogens is 452 g/mol. The van der Waals surface area contributed by atoms with E-state index in [0.717, 1.165) is 4.90 Å². The van der Waals surface area contributed by atoms with Gasteiger partial charge < -0.3 is 30.2 Å². The molecule has 34 heavy (non-hydrogen) atoms. The molecule has 0 saturated heterocycles. The second-order valence-corrected chi connectivity index (χ2v) is 7.74. The first-order valence-corrected chi connectivity index (χ1v) is 10.4. The number of nitrogens with one attached hydrogen (secondary N) is 1. The van der Waals surface area contributed by atoms with Gasteiger partial charge in [0.25, 0.3) is 0 Å². The number of phenolic OH excluding ortho intramolecular Hbond substituents is 1. The number of carbonyl (C=O) groups excluding carboxylic acids is 1. The van der Waals surface area contributed by atoms with E-state index in [2.05, 4.69) is 5.32 Å². The number of unbranched alkanes of at least 4 members (excludes halogenated alkanes) is 1. The van der Waals surface area contributed by atoms with E-state index in [1.807, 2.05) is 0 Å². The van der Waals surface area contributed by atoms with Crippen molar-refractivity contribution >= 4 is 34.8 Å². The van der Waals surface area contributed by atoms with Crippen LogP contribution in [-0.2, 0) is 25.6 Å². The van der Waals surface area contributed by atoms with Gasteiger partial charge in [0.2, 0.25) is 5.91 Å². The van der Waals surface area contributed by atoms with E-state index in [0.29, 0.717) is 17.4 Å². The maximum absolute atomic E-state index is 12.3. The quantitative estimate of drug-likeness (QED) is 0.199. The predicted molar refractivity (Wildman–Crippen MR) is 118 cm³/mol. The number of benzene rings is 1. The normalized spacial score (nSPS) is 11.9. The van der Waals surface area contributed by atoms with Crippen molar-refractivity contribution in [1.82, 2.24) is 10.2 Å². The topological polar surface area (TPSA) is 195 Å². The Labute approximate surface area is 193 Å². The zero-order valence-electron chi connectivity index (χ0n) is 18.4. The SMILES string of the molecule is Cc1c(CC(=O)NCCCCC(C(=O)O)N(CC(=O)O)CC(=O)O)c(=O)oc2cc(O)ccc12. The molecule has 12 heteroatoms. The summed E-state index contributed by atoms with van der Waals surface area (Å²) in [4.78, 5) is 58.8. The number of fused-ring (bicyclic) bond motifs is 1. The van der Waals surface area contributed by atoms with Crippen molar-refractivity contribution in [3.05, 3.63) is 39.7 Å². The highest BCUT2D eigenvalue weighted by Crippen LogP contribution is 2.23. The zero-order chi connectivity index (χ0) is 25.4. The van der Waals surface area contributed by atoms with Crippen molar-refractivity contribution < 1.29 is 44.0 Å². The summed E-state index contributed by atoms with van der Waals surface area (Å²) in [5.41, 5.74) is 0.258. The van der Waals surface area contributed by atoms with Gasteiger partial charge in [-0.15, -0.1) is 0 Å². The molecule has 1 heterocycles. The molecule has 0 aliphatic carbocycles. The highest BCUT2D eigenvalue weighted by Gasteiger charge is 2.28. The van der Waals surface area contributed by atoms with Crippen LogP contribution in [0.4, 0.5) is 0 Å². The molecule has 184 valence electrons. The van der Waals surface area contributed by atoms with Crippen molar-refractivity contribution in [2.24, 2.45) is 0 Å². The van der Waals surface area contributed by atoms with Crippen LogP contribution in [0.3, 0.4) is 0 Å². The first kappa shape index (κ1) is 26.3. The Balaban J connectivity index is 1.91. The molecule has 1 aromatic heterocycles. The van der Waals surface area contributed by atoms with Crippen LogP contribution in [0.1, 0.15) is 30.4 Å². The van der Waals surface area contributed by atoms with Crippen LogP contribution in [0.5, 0.6) is 5.75 Å². The summed E-state index contributed by atoms with van der Waals surface area (Å²) in [6, 6.07) is 3.04. The number of amides is 1. The van der Waals surface area contributed by atoms with Gasteiger partial charge in [-0.3, -0.25) is 24.1 Å². The second-order valence-electron chi connectivity index (χ2n) is 7.74. The number of hydrogen-bond donors (Lipinski definition) is 5. The Morgan fingerprint density at radius 3 is 2.29 bits per heavy atom. The van der Waals surface area contributed by atoms with E-state index in [1.165, 1.54) is 12.1 Å². The Kier molecular flexibility index (Phi) is 9.13. The Morgan fingerprint density at radius 2 is 1.71 bits per heavy atom. The molecule has 0 radical (unpaired) electrons. The maximum atomic E-state index is 12.3. The molecule has 0 saturated carbocycles. The third kappa shape index (κ3) is 7.30. The summed E-state index contributed by atoms with van der Waals surface area (Å²) in [5, 5.41) is 39.9. The number of carboxylic acid groups (broad SMARTS) is 3. The van der Waals surface area contributed by atoms with Gasteiger partial charge in [-0.2, -0.15) is 0 Å². The lowest BCUT2D eigenvalue weighted by atomic mass is 10.0. The van der Waals surface area contributed by atoms with Crippen LogP contribution in [0, 0.1) is 6.92 Å². The maximum Gasteiger partial charge on any atom is 0.340 e. The van der Waals surface area contributed by atoms with Crippen LogP contribution in [-0.4, -0.2) is 74.8 Å². The standard InChI is InChI=1S/C22H26N2O10/c1-12-14-6-5-13(25)8-17(14)34-22(33)15(12)9-18(26)23-7-3-2-4-16(21(31)32)24(10-19(27)28)11-20(29)30/h5-6,8,16,25H,2-4,7,9-11H2,1H3,(H,23,26)(H,27,28)(H,29,30)(H,31,32). The van der Waals surface area contributed by atoms with E-state index in [1.54, 1.807) is 13.0 Å². The number of nitrogens with zero attached hydrogens (tertiary/aromatic N) is 1. The third-order valence-corrected chi connectivity index (χ3v) is 5.24. The van der Waals surface area contributed by atoms with E-state index < -0.39 is 48.6 Å². The number of aryl methyl sites for hydroxylation is 1. The zero-order valence-corrected chi connectivity index (χ0v) is 18.4. The highest BCUT2D eigenvalue weighted by atomic mass is 16.4. The van der Waals surface area contributed by atoms with E-state index in [9.17, 15) is 34.2 Å². The second kappa shape index (κ2) is 11.8. The van der Waals surface area contributed by atoms with Crippen LogP contribution in [0.25, 0.3) is 11.0 Å². The molecule has 0 spiro atoms. The summed E-state index contributed by atoms with van der Waals surface area (Å²) < 4.78 is 5.19. The summed E-state index contributed by atoms with van der Waals surface area (Å²) in [5.74, 6) is -4.52. The van der Waals surface area contributed by atoms with Gasteiger partial charge in [-0.05, 0) is 43.9 Å². The minimum atomic E-state index is -1.34. The fraction of sp³-hybridized carbons (Fsp3) is 0.409. The lowest BCUT2D eigenvalue weighted by Gasteiger charge is -2.25. The van der Waals surface area contributed by atoms with Crippen molar-refractivity contribution in [2.45, 2.75) is 38.6 Å². The van der Waals surface area contributed by atoms with Crippen LogP contribution in [0.2, 0.25) is 0 Å². The van der Waals surface area contributed by atoms with Crippen molar-refractivity contribution in [2.75, 3.05) is 19.6 Å². The minimum Gasteiger partial charge on any atom is -0.508 e. The number of carboxylic acids is 3. The molecular formula is C22H26N2O10. The molecule has 5 N–H and O–H groups in total.